The molecule has 3 aliphatic heterocycles. The summed E-state index contributed by atoms with van der Waals surface area (Å²) in [5.74, 6) is 2.15. The Balaban J connectivity index is 1.41. The van der Waals surface area contributed by atoms with Crippen molar-refractivity contribution in [2.24, 2.45) is 0 Å². The Hall–Kier alpha value is -4.26. The van der Waals surface area contributed by atoms with Crippen LogP contribution in [0.2, 0.25) is 0 Å². The van der Waals surface area contributed by atoms with Crippen molar-refractivity contribution in [3.8, 4) is 28.7 Å². The largest absolute Gasteiger partial charge is 0.497 e. The zero-order chi connectivity index (χ0) is 23.2. The Labute approximate surface area is 195 Å². The summed E-state index contributed by atoms with van der Waals surface area (Å²) in [6.07, 6.45) is 1.82. The van der Waals surface area contributed by atoms with Crippen LogP contribution in [0.25, 0.3) is 6.08 Å². The Morgan fingerprint density at radius 2 is 1.65 bits per heavy atom. The van der Waals surface area contributed by atoms with Crippen LogP contribution in [0, 0.1) is 0 Å². The quantitative estimate of drug-likeness (QED) is 0.326. The maximum atomic E-state index is 13.1. The van der Waals surface area contributed by atoms with Crippen molar-refractivity contribution in [3.05, 3.63) is 82.6 Å². The summed E-state index contributed by atoms with van der Waals surface area (Å²) in [6, 6.07) is 16.3. The van der Waals surface area contributed by atoms with Crippen LogP contribution in [0.4, 0.5) is 0 Å². The highest BCUT2D eigenvalue weighted by atomic mass is 16.6. The molecule has 0 spiro atoms. The normalized spacial score (nSPS) is 19.2. The summed E-state index contributed by atoms with van der Waals surface area (Å²) >= 11 is 0. The third-order valence-electron chi connectivity index (χ3n) is 6.16. The first kappa shape index (κ1) is 20.4. The Kier molecular flexibility index (Phi) is 4.76. The number of esters is 1. The SMILES string of the molecule is COc1ccc(C=C2Oc3c(ccc4c3C(c3ccc5c(c3)OCCO5)CC(=O)O4)C2=O)cc1. The lowest BCUT2D eigenvalue weighted by molar-refractivity contribution is -0.135. The molecule has 0 saturated heterocycles. The molecule has 3 heterocycles. The number of carbonyl (C=O) groups excluding carboxylic acids is 2. The van der Waals surface area contributed by atoms with Crippen molar-refractivity contribution < 1.29 is 33.3 Å². The van der Waals surface area contributed by atoms with Gasteiger partial charge in [0.15, 0.2) is 17.3 Å². The summed E-state index contributed by atoms with van der Waals surface area (Å²) in [6.45, 7) is 0.962. The van der Waals surface area contributed by atoms with E-state index in [2.05, 4.69) is 0 Å². The van der Waals surface area contributed by atoms with Crippen LogP contribution in [0.5, 0.6) is 28.7 Å². The minimum Gasteiger partial charge on any atom is -0.497 e. The first-order chi connectivity index (χ1) is 16.6. The molecule has 34 heavy (non-hydrogen) atoms. The smallest absolute Gasteiger partial charge is 0.312 e. The number of fused-ring (bicyclic) bond motifs is 4. The molecule has 1 unspecified atom stereocenters. The van der Waals surface area contributed by atoms with Gasteiger partial charge in [0.1, 0.15) is 30.5 Å². The molecule has 0 fully saturated rings. The number of allylic oxidation sites excluding steroid dienone is 1. The van der Waals surface area contributed by atoms with Crippen LogP contribution >= 0.6 is 0 Å². The standard InChI is InChI=1S/C27H20O7/c1-30-17-5-2-15(3-6-17)12-23-26(29)18-7-9-21-25(27(18)34-23)19(14-24(28)33-21)16-4-8-20-22(13-16)32-11-10-31-20/h2-9,12-13,19H,10-11,14H2,1H3. The first-order valence-corrected chi connectivity index (χ1v) is 11.0. The number of benzene rings is 3. The van der Waals surface area contributed by atoms with Gasteiger partial charge in [-0.25, -0.2) is 0 Å². The molecule has 7 nitrogen and oxygen atoms in total. The van der Waals surface area contributed by atoms with Gasteiger partial charge in [-0.1, -0.05) is 18.2 Å². The summed E-state index contributed by atoms with van der Waals surface area (Å²) < 4.78 is 28.2. The van der Waals surface area contributed by atoms with Gasteiger partial charge >= 0.3 is 5.97 Å². The predicted molar refractivity (Wildman–Crippen MR) is 122 cm³/mol. The summed E-state index contributed by atoms with van der Waals surface area (Å²) in [4.78, 5) is 25.6. The first-order valence-electron chi connectivity index (χ1n) is 11.0. The molecular formula is C27H20O7. The average molecular weight is 456 g/mol. The van der Waals surface area contributed by atoms with Gasteiger partial charge in [-0.3, -0.25) is 9.59 Å². The molecule has 0 N–H and O–H groups in total. The summed E-state index contributed by atoms with van der Waals surface area (Å²) in [7, 11) is 1.60. The lowest BCUT2D eigenvalue weighted by atomic mass is 9.84. The van der Waals surface area contributed by atoms with E-state index in [-0.39, 0.29) is 29.9 Å². The molecule has 0 aromatic heterocycles. The zero-order valence-electron chi connectivity index (χ0n) is 18.3. The minimum atomic E-state index is -0.352. The molecule has 7 heteroatoms. The molecule has 170 valence electrons. The maximum Gasteiger partial charge on any atom is 0.312 e. The van der Waals surface area contributed by atoms with Gasteiger partial charge in [0, 0.05) is 11.5 Å². The molecule has 0 radical (unpaired) electrons. The van der Waals surface area contributed by atoms with Crippen LogP contribution in [-0.2, 0) is 4.79 Å². The van der Waals surface area contributed by atoms with Gasteiger partial charge in [-0.2, -0.15) is 0 Å². The predicted octanol–water partition coefficient (Wildman–Crippen LogP) is 4.52. The second kappa shape index (κ2) is 7.95. The number of Topliss-reactive ketones (excluding diaryl/α,β-unsaturated/α-hetero) is 1. The zero-order valence-corrected chi connectivity index (χ0v) is 18.3. The molecule has 0 amide bonds. The number of rotatable bonds is 3. The minimum absolute atomic E-state index is 0.123. The number of ether oxygens (including phenoxy) is 5. The number of methoxy groups -OCH3 is 1. The van der Waals surface area contributed by atoms with E-state index < -0.39 is 0 Å². The van der Waals surface area contributed by atoms with Gasteiger partial charge in [0.25, 0.3) is 0 Å². The van der Waals surface area contributed by atoms with E-state index in [0.717, 1.165) is 16.9 Å². The third-order valence-corrected chi connectivity index (χ3v) is 6.16. The molecular weight excluding hydrogens is 436 g/mol. The highest BCUT2D eigenvalue weighted by molar-refractivity contribution is 6.15. The summed E-state index contributed by atoms with van der Waals surface area (Å²) in [5, 5.41) is 0. The van der Waals surface area contributed by atoms with Crippen molar-refractivity contribution in [2.75, 3.05) is 20.3 Å². The Morgan fingerprint density at radius 3 is 2.44 bits per heavy atom. The molecule has 1 atom stereocenters. The van der Waals surface area contributed by atoms with Crippen molar-refractivity contribution in [2.45, 2.75) is 12.3 Å². The molecule has 0 bridgehead atoms. The molecule has 3 aromatic carbocycles. The molecule has 0 aliphatic carbocycles. The molecule has 6 rings (SSSR count). The number of hydrogen-bond donors (Lipinski definition) is 0. The van der Waals surface area contributed by atoms with E-state index in [1.165, 1.54) is 0 Å². The fourth-order valence-corrected chi connectivity index (χ4v) is 4.52. The van der Waals surface area contributed by atoms with Crippen LogP contribution in [0.15, 0.2) is 60.4 Å². The topological polar surface area (TPSA) is 80.3 Å². The van der Waals surface area contributed by atoms with Gasteiger partial charge in [-0.15, -0.1) is 0 Å². The van der Waals surface area contributed by atoms with E-state index in [9.17, 15) is 9.59 Å². The van der Waals surface area contributed by atoms with Crippen LogP contribution in [0.3, 0.4) is 0 Å². The van der Waals surface area contributed by atoms with E-state index in [0.29, 0.717) is 47.3 Å². The third kappa shape index (κ3) is 3.37. The Bertz CT molecular complexity index is 1350. The van der Waals surface area contributed by atoms with Gasteiger partial charge in [-0.05, 0) is 53.6 Å². The summed E-state index contributed by atoms with van der Waals surface area (Å²) in [5.41, 5.74) is 2.79. The number of hydrogen-bond acceptors (Lipinski definition) is 7. The highest BCUT2D eigenvalue weighted by Crippen LogP contribution is 2.50. The van der Waals surface area contributed by atoms with Crippen LogP contribution < -0.4 is 23.7 Å². The monoisotopic (exact) mass is 456 g/mol. The maximum absolute atomic E-state index is 13.1. The second-order valence-corrected chi connectivity index (χ2v) is 8.20. The fourth-order valence-electron chi connectivity index (χ4n) is 4.52. The van der Waals surface area contributed by atoms with E-state index in [1.807, 2.05) is 42.5 Å². The average Bonchev–Trinajstić information content (AvgIpc) is 3.18. The van der Waals surface area contributed by atoms with Crippen molar-refractivity contribution >= 4 is 17.8 Å². The van der Waals surface area contributed by atoms with Gasteiger partial charge < -0.3 is 23.7 Å². The molecule has 0 saturated carbocycles. The van der Waals surface area contributed by atoms with Crippen molar-refractivity contribution in [1.82, 2.24) is 0 Å². The van der Waals surface area contributed by atoms with E-state index >= 15 is 0 Å². The molecule has 3 aromatic rings. The van der Waals surface area contributed by atoms with E-state index in [4.69, 9.17) is 23.7 Å². The lowest BCUT2D eigenvalue weighted by Crippen LogP contribution is -2.22. The number of ketones is 1. The van der Waals surface area contributed by atoms with Crippen LogP contribution in [0.1, 0.15) is 39.4 Å². The Morgan fingerprint density at radius 1 is 0.882 bits per heavy atom. The lowest BCUT2D eigenvalue weighted by Gasteiger charge is -2.27. The van der Waals surface area contributed by atoms with Crippen molar-refractivity contribution in [1.29, 1.82) is 0 Å². The number of carbonyl (C=O) groups is 2. The van der Waals surface area contributed by atoms with Crippen LogP contribution in [-0.4, -0.2) is 32.1 Å². The molecule has 3 aliphatic rings. The fraction of sp³-hybridized carbons (Fsp3) is 0.185. The van der Waals surface area contributed by atoms with Gasteiger partial charge in [0.05, 0.1) is 19.1 Å². The van der Waals surface area contributed by atoms with Gasteiger partial charge in [0.2, 0.25) is 5.78 Å². The van der Waals surface area contributed by atoms with E-state index in [1.54, 1.807) is 25.3 Å². The highest BCUT2D eigenvalue weighted by Gasteiger charge is 2.38. The van der Waals surface area contributed by atoms with Crippen molar-refractivity contribution in [3.63, 3.8) is 0 Å². The second-order valence-electron chi connectivity index (χ2n) is 8.20.